The number of carbonyl (C=O) groups excluding carboxylic acids is 2. The van der Waals surface area contributed by atoms with Gasteiger partial charge in [-0.15, -0.1) is 0 Å². The summed E-state index contributed by atoms with van der Waals surface area (Å²) in [7, 11) is 0. The molecule has 0 atom stereocenters. The van der Waals surface area contributed by atoms with Gasteiger partial charge in [-0.1, -0.05) is 0 Å². The first kappa shape index (κ1) is 23.1. The molecule has 10 heavy (non-hydrogen) atoms. The first-order chi connectivity index (χ1) is 3.46. The zero-order valence-electron chi connectivity index (χ0n) is 6.63. The summed E-state index contributed by atoms with van der Waals surface area (Å²) in [6.07, 6.45) is -2.33. The average molecular weight is 384 g/mol. The van der Waals surface area contributed by atoms with E-state index in [-0.39, 0.29) is 144 Å². The SMILES string of the molecule is CC(C)=O.O=C([O-])[O-].[Cs+].[Cs+]. The molecular weight excluding hydrogens is 378 g/mol. The van der Waals surface area contributed by atoms with Crippen LogP contribution in [0.3, 0.4) is 0 Å². The molecule has 48 valence electrons. The minimum Gasteiger partial charge on any atom is -0.652 e. The van der Waals surface area contributed by atoms with Crippen molar-refractivity contribution in [1.82, 2.24) is 0 Å². The van der Waals surface area contributed by atoms with Crippen LogP contribution < -0.4 is 148 Å². The van der Waals surface area contributed by atoms with Gasteiger partial charge in [0.25, 0.3) is 0 Å². The molecule has 0 aliphatic heterocycles. The summed E-state index contributed by atoms with van der Waals surface area (Å²) in [5, 5.41) is 16.7. The molecule has 0 aromatic heterocycles. The van der Waals surface area contributed by atoms with Gasteiger partial charge in [-0.3, -0.25) is 0 Å². The first-order valence-corrected chi connectivity index (χ1v) is 1.82. The van der Waals surface area contributed by atoms with Gasteiger partial charge < -0.3 is 19.8 Å². The van der Waals surface area contributed by atoms with Crippen LogP contribution in [0.1, 0.15) is 13.8 Å². The standard InChI is InChI=1S/C3H6O.CH2O3.2Cs/c1-3(2)4;2-1(3)4;;/h1-2H3;(H2,2,3,4);;/q;;2*+1/p-2. The Morgan fingerprint density at radius 3 is 1.00 bits per heavy atom. The van der Waals surface area contributed by atoms with Crippen LogP contribution in [0.2, 0.25) is 0 Å². The Morgan fingerprint density at radius 2 is 1.00 bits per heavy atom. The summed E-state index contributed by atoms with van der Waals surface area (Å²) >= 11 is 0. The molecule has 0 fully saturated rings. The van der Waals surface area contributed by atoms with Crippen molar-refractivity contribution in [2.24, 2.45) is 0 Å². The van der Waals surface area contributed by atoms with Gasteiger partial charge in [-0.2, -0.15) is 0 Å². The van der Waals surface area contributed by atoms with E-state index in [0.29, 0.717) is 0 Å². The van der Waals surface area contributed by atoms with E-state index in [2.05, 4.69) is 0 Å². The van der Waals surface area contributed by atoms with Crippen LogP contribution in [0.25, 0.3) is 0 Å². The van der Waals surface area contributed by atoms with E-state index in [1.807, 2.05) is 0 Å². The zero-order valence-corrected chi connectivity index (χ0v) is 19.2. The maximum atomic E-state index is 9.44. The fourth-order valence-electron chi connectivity index (χ4n) is 0. The molecule has 0 radical (unpaired) electrons. The van der Waals surface area contributed by atoms with Gasteiger partial charge in [0.15, 0.2) is 0 Å². The quantitative estimate of drug-likeness (QED) is 0.416. The third-order valence-electron chi connectivity index (χ3n) is 0. The number of Topliss-reactive ketones (excluding diaryl/α,β-unsaturated/α-hetero) is 1. The molecule has 0 heterocycles. The monoisotopic (exact) mass is 384 g/mol. The van der Waals surface area contributed by atoms with Crippen molar-refractivity contribution in [2.75, 3.05) is 0 Å². The molecule has 0 amide bonds. The van der Waals surface area contributed by atoms with Crippen molar-refractivity contribution in [3.63, 3.8) is 0 Å². The smallest absolute Gasteiger partial charge is 0.652 e. The van der Waals surface area contributed by atoms with Gasteiger partial charge in [0.05, 0.1) is 0 Å². The Hall–Kier alpha value is 3.04. The Balaban J connectivity index is -0.0000000300. The van der Waals surface area contributed by atoms with Crippen molar-refractivity contribution < 1.29 is 158 Å². The molecule has 4 nitrogen and oxygen atoms in total. The van der Waals surface area contributed by atoms with E-state index < -0.39 is 6.16 Å². The van der Waals surface area contributed by atoms with Gasteiger partial charge in [-0.05, 0) is 20.0 Å². The van der Waals surface area contributed by atoms with Gasteiger partial charge in [-0.25, -0.2) is 0 Å². The summed E-state index contributed by atoms with van der Waals surface area (Å²) in [5.74, 6) is 0.167. The Bertz CT molecular complexity index is 73.3. The van der Waals surface area contributed by atoms with E-state index in [1.54, 1.807) is 0 Å². The predicted octanol–water partition coefficient (Wildman–Crippen LogP) is -7.84. The molecule has 0 N–H and O–H groups in total. The van der Waals surface area contributed by atoms with E-state index in [9.17, 15) is 4.79 Å². The molecule has 0 aromatic rings. The van der Waals surface area contributed by atoms with Gasteiger partial charge in [0, 0.05) is 0 Å². The second kappa shape index (κ2) is 18.0. The number of carbonyl (C=O) groups is 2. The van der Waals surface area contributed by atoms with Crippen molar-refractivity contribution in [3.8, 4) is 0 Å². The van der Waals surface area contributed by atoms with E-state index in [0.717, 1.165) is 0 Å². The molecule has 0 saturated carbocycles. The number of hydrogen-bond acceptors (Lipinski definition) is 4. The molecule has 0 aliphatic carbocycles. The van der Waals surface area contributed by atoms with Crippen LogP contribution in [0.5, 0.6) is 0 Å². The van der Waals surface area contributed by atoms with Crippen LogP contribution in [0.4, 0.5) is 4.79 Å². The summed E-state index contributed by atoms with van der Waals surface area (Å²) in [5.41, 5.74) is 0. The molecule has 6 heteroatoms. The molecule has 0 unspecified atom stereocenters. The summed E-state index contributed by atoms with van der Waals surface area (Å²) < 4.78 is 0. The average Bonchev–Trinajstić information content (AvgIpc) is 1.25. The van der Waals surface area contributed by atoms with E-state index >= 15 is 0 Å². The summed E-state index contributed by atoms with van der Waals surface area (Å²) in [6, 6.07) is 0. The fourth-order valence-corrected chi connectivity index (χ4v) is 0. The van der Waals surface area contributed by atoms with Gasteiger partial charge in [0.2, 0.25) is 0 Å². The minimum atomic E-state index is -2.33. The van der Waals surface area contributed by atoms with Gasteiger partial charge >= 0.3 is 138 Å². The van der Waals surface area contributed by atoms with Crippen LogP contribution in [-0.2, 0) is 4.79 Å². The van der Waals surface area contributed by atoms with Crippen LogP contribution >= 0.6 is 0 Å². The summed E-state index contributed by atoms with van der Waals surface area (Å²) in [6.45, 7) is 3.06. The van der Waals surface area contributed by atoms with Crippen LogP contribution in [0, 0.1) is 0 Å². The Kier molecular flexibility index (Phi) is 41.5. The molecule has 0 aliphatic rings. The van der Waals surface area contributed by atoms with Crippen molar-refractivity contribution in [2.45, 2.75) is 13.8 Å². The normalized spacial score (nSPS) is 5.00. The zero-order chi connectivity index (χ0) is 7.15. The second-order valence-corrected chi connectivity index (χ2v) is 1.16. The Labute approximate surface area is 177 Å². The van der Waals surface area contributed by atoms with E-state index in [1.165, 1.54) is 13.8 Å². The second-order valence-electron chi connectivity index (χ2n) is 1.16. The molecule has 0 aromatic carbocycles. The molecule has 0 saturated heterocycles. The predicted molar refractivity (Wildman–Crippen MR) is 21.8 cm³/mol. The molecule has 0 rings (SSSR count). The van der Waals surface area contributed by atoms with E-state index in [4.69, 9.17) is 15.0 Å². The third kappa shape index (κ3) is 120. The number of ketones is 1. The number of carboxylic acid groups (broad SMARTS) is 2. The number of hydrogen-bond donors (Lipinski definition) is 0. The number of rotatable bonds is 0. The molecule has 0 bridgehead atoms. The first-order valence-electron chi connectivity index (χ1n) is 1.82. The topological polar surface area (TPSA) is 80.3 Å². The van der Waals surface area contributed by atoms with Crippen LogP contribution in [0.15, 0.2) is 0 Å². The van der Waals surface area contributed by atoms with Crippen molar-refractivity contribution in [3.05, 3.63) is 0 Å². The summed E-state index contributed by atoms with van der Waals surface area (Å²) in [4.78, 5) is 17.8. The minimum absolute atomic E-state index is 0. The maximum Gasteiger partial charge on any atom is 1.00 e. The van der Waals surface area contributed by atoms with Gasteiger partial charge in [0.1, 0.15) is 5.78 Å². The third-order valence-corrected chi connectivity index (χ3v) is 0. The van der Waals surface area contributed by atoms with Crippen molar-refractivity contribution >= 4 is 11.9 Å². The molecule has 0 spiro atoms. The largest absolute Gasteiger partial charge is 1.00 e. The maximum absolute atomic E-state index is 9.44. The van der Waals surface area contributed by atoms with Crippen molar-refractivity contribution in [1.29, 1.82) is 0 Å². The molecular formula is C4H6Cs2O4. The van der Waals surface area contributed by atoms with Crippen LogP contribution in [-0.4, -0.2) is 11.9 Å². The Morgan fingerprint density at radius 1 is 1.00 bits per heavy atom. The fraction of sp³-hybridized carbons (Fsp3) is 0.500.